The molecule has 2 aliphatic heterocycles. The molecule has 0 aromatic carbocycles. The van der Waals surface area contributed by atoms with E-state index in [1.807, 2.05) is 9.80 Å². The van der Waals surface area contributed by atoms with Gasteiger partial charge < -0.3 is 14.7 Å². The van der Waals surface area contributed by atoms with Gasteiger partial charge in [-0.05, 0) is 63.7 Å². The summed E-state index contributed by atoms with van der Waals surface area (Å²) >= 11 is 2.94. The lowest BCUT2D eigenvalue weighted by Gasteiger charge is -2.44. The lowest BCUT2D eigenvalue weighted by Crippen LogP contribution is -2.54. The Morgan fingerprint density at radius 3 is 2.31 bits per heavy atom. The van der Waals surface area contributed by atoms with E-state index in [0.717, 1.165) is 68.7 Å². The first kappa shape index (κ1) is 26.3. The van der Waals surface area contributed by atoms with E-state index in [4.69, 9.17) is 0 Å². The molecule has 1 aliphatic carbocycles. The lowest BCUT2D eigenvalue weighted by atomic mass is 9.85. The van der Waals surface area contributed by atoms with E-state index in [1.54, 1.807) is 13.1 Å². The van der Waals surface area contributed by atoms with Crippen LogP contribution in [0.2, 0.25) is 0 Å². The number of nitrogens with zero attached hydrogens (tertiary/aromatic N) is 4. The summed E-state index contributed by atoms with van der Waals surface area (Å²) in [4.78, 5) is 48.1. The van der Waals surface area contributed by atoms with Crippen molar-refractivity contribution in [1.29, 1.82) is 0 Å². The average molecular weight is 522 g/mol. The van der Waals surface area contributed by atoms with Crippen LogP contribution in [-0.4, -0.2) is 81.5 Å². The molecule has 1 saturated carbocycles. The fourth-order valence-corrected chi connectivity index (χ4v) is 7.28. The molecular weight excluding hydrogens is 482 g/mol. The molecule has 3 heterocycles. The van der Waals surface area contributed by atoms with Crippen LogP contribution in [0.5, 0.6) is 0 Å². The van der Waals surface area contributed by atoms with Gasteiger partial charge in [0.1, 0.15) is 0 Å². The molecule has 1 aromatic heterocycles. The first-order chi connectivity index (χ1) is 16.9. The molecule has 35 heavy (non-hydrogen) atoms. The SMILES string of the molecule is CC(=O)N1CCC(N(C(=O)Nc2ncc(SCC(=O)N3CCCCC3)s2)C2CCC(C)CC2)CC1. The third-order valence-corrected chi connectivity index (χ3v) is 9.75. The Hall–Kier alpha value is -1.81. The van der Waals surface area contributed by atoms with Crippen LogP contribution in [0, 0.1) is 5.92 Å². The number of piperidine rings is 2. The zero-order valence-corrected chi connectivity index (χ0v) is 22.7. The molecule has 1 aromatic rings. The number of urea groups is 1. The molecule has 0 radical (unpaired) electrons. The van der Waals surface area contributed by atoms with Gasteiger partial charge in [0.25, 0.3) is 0 Å². The number of thioether (sulfide) groups is 1. The number of thiazole rings is 1. The van der Waals surface area contributed by atoms with Gasteiger partial charge in [-0.2, -0.15) is 0 Å². The number of aromatic nitrogens is 1. The smallest absolute Gasteiger partial charge is 0.324 e. The Labute approximate surface area is 217 Å². The summed E-state index contributed by atoms with van der Waals surface area (Å²) in [6, 6.07) is 0.289. The first-order valence-electron chi connectivity index (χ1n) is 13.1. The molecule has 0 bridgehead atoms. The van der Waals surface area contributed by atoms with Gasteiger partial charge in [-0.1, -0.05) is 18.3 Å². The van der Waals surface area contributed by atoms with Crippen molar-refractivity contribution in [3.8, 4) is 0 Å². The van der Waals surface area contributed by atoms with Crippen LogP contribution in [0.25, 0.3) is 0 Å². The standard InChI is InChI=1S/C25H39N5O3S2/c1-18-6-8-20(9-7-18)30(21-10-14-28(15-11-21)19(2)31)25(33)27-24-26-16-23(35-24)34-17-22(32)29-12-4-3-5-13-29/h16,18,20-21H,3-15,17H2,1-2H3,(H,26,27,33). The predicted molar refractivity (Wildman–Crippen MR) is 141 cm³/mol. The molecule has 3 fully saturated rings. The number of nitrogens with one attached hydrogen (secondary N) is 1. The minimum Gasteiger partial charge on any atom is -0.343 e. The quantitative estimate of drug-likeness (QED) is 0.550. The number of anilines is 1. The van der Waals surface area contributed by atoms with E-state index in [1.165, 1.54) is 29.5 Å². The van der Waals surface area contributed by atoms with Gasteiger partial charge in [-0.15, -0.1) is 11.8 Å². The van der Waals surface area contributed by atoms with Crippen molar-refractivity contribution >= 4 is 46.1 Å². The maximum atomic E-state index is 13.5. The molecule has 8 nitrogen and oxygen atoms in total. The Bertz CT molecular complexity index is 872. The van der Waals surface area contributed by atoms with Crippen LogP contribution in [0.15, 0.2) is 10.4 Å². The monoisotopic (exact) mass is 521 g/mol. The third kappa shape index (κ3) is 7.12. The molecule has 1 N–H and O–H groups in total. The number of amides is 4. The Morgan fingerprint density at radius 1 is 1.00 bits per heavy atom. The number of hydrogen-bond acceptors (Lipinski definition) is 6. The van der Waals surface area contributed by atoms with Gasteiger partial charge >= 0.3 is 6.03 Å². The topological polar surface area (TPSA) is 85.9 Å². The van der Waals surface area contributed by atoms with Crippen molar-refractivity contribution in [3.05, 3.63) is 6.20 Å². The maximum absolute atomic E-state index is 13.5. The van der Waals surface area contributed by atoms with E-state index >= 15 is 0 Å². The van der Waals surface area contributed by atoms with E-state index in [2.05, 4.69) is 22.1 Å². The summed E-state index contributed by atoms with van der Waals surface area (Å²) in [5, 5.41) is 3.64. The highest BCUT2D eigenvalue weighted by atomic mass is 32.2. The highest BCUT2D eigenvalue weighted by molar-refractivity contribution is 8.01. The zero-order valence-electron chi connectivity index (χ0n) is 21.0. The van der Waals surface area contributed by atoms with Crippen molar-refractivity contribution in [2.24, 2.45) is 5.92 Å². The van der Waals surface area contributed by atoms with E-state index in [9.17, 15) is 14.4 Å². The fourth-order valence-electron chi connectivity index (χ4n) is 5.52. The summed E-state index contributed by atoms with van der Waals surface area (Å²) in [5.41, 5.74) is 0. The van der Waals surface area contributed by atoms with Gasteiger partial charge in [0.05, 0.1) is 16.2 Å². The summed E-state index contributed by atoms with van der Waals surface area (Å²) in [7, 11) is 0. The van der Waals surface area contributed by atoms with Crippen molar-refractivity contribution in [2.45, 2.75) is 87.9 Å². The van der Waals surface area contributed by atoms with E-state index in [-0.39, 0.29) is 29.9 Å². The number of carbonyl (C=O) groups excluding carboxylic acids is 3. The second-order valence-corrected chi connectivity index (χ2v) is 12.5. The number of hydrogen-bond donors (Lipinski definition) is 1. The summed E-state index contributed by atoms with van der Waals surface area (Å²) in [6.07, 6.45) is 11.1. The van der Waals surface area contributed by atoms with Gasteiger partial charge in [0.2, 0.25) is 11.8 Å². The molecule has 0 spiro atoms. The lowest BCUT2D eigenvalue weighted by molar-refractivity contribution is -0.130. The minimum absolute atomic E-state index is 0.0823. The van der Waals surface area contributed by atoms with Gasteiger partial charge in [0.15, 0.2) is 5.13 Å². The molecule has 4 rings (SSSR count). The van der Waals surface area contributed by atoms with Crippen molar-refractivity contribution < 1.29 is 14.4 Å². The van der Waals surface area contributed by atoms with Crippen molar-refractivity contribution in [1.82, 2.24) is 19.7 Å². The maximum Gasteiger partial charge on any atom is 0.324 e. The van der Waals surface area contributed by atoms with Gasteiger partial charge in [-0.3, -0.25) is 14.9 Å². The Kier molecular flexibility index (Phi) is 9.33. The Balaban J connectivity index is 1.35. The van der Waals surface area contributed by atoms with Crippen LogP contribution in [0.3, 0.4) is 0 Å². The van der Waals surface area contributed by atoms with Crippen LogP contribution in [0.1, 0.15) is 71.6 Å². The van der Waals surface area contributed by atoms with Crippen LogP contribution < -0.4 is 5.32 Å². The number of rotatable bonds is 6. The summed E-state index contributed by atoms with van der Waals surface area (Å²) in [6.45, 7) is 7.04. The molecule has 4 amide bonds. The third-order valence-electron chi connectivity index (χ3n) is 7.66. The highest BCUT2D eigenvalue weighted by Gasteiger charge is 2.35. The first-order valence-corrected chi connectivity index (χ1v) is 14.9. The normalized spacial score (nSPS) is 23.7. The van der Waals surface area contributed by atoms with Crippen LogP contribution >= 0.6 is 23.1 Å². The van der Waals surface area contributed by atoms with Crippen LogP contribution in [-0.2, 0) is 9.59 Å². The highest BCUT2D eigenvalue weighted by Crippen LogP contribution is 2.33. The van der Waals surface area contributed by atoms with Gasteiger partial charge in [-0.25, -0.2) is 9.78 Å². The van der Waals surface area contributed by atoms with E-state index in [0.29, 0.717) is 29.9 Å². The molecule has 2 saturated heterocycles. The molecule has 10 heteroatoms. The number of carbonyl (C=O) groups is 3. The zero-order chi connectivity index (χ0) is 24.8. The minimum atomic E-state index is -0.0823. The summed E-state index contributed by atoms with van der Waals surface area (Å²) in [5.74, 6) is 1.42. The second-order valence-electron chi connectivity index (χ2n) is 10.2. The fraction of sp³-hybridized carbons (Fsp3) is 0.760. The number of likely N-dealkylation sites (tertiary alicyclic amines) is 2. The van der Waals surface area contributed by atoms with Gasteiger partial charge in [0, 0.05) is 45.2 Å². The average Bonchev–Trinajstić information content (AvgIpc) is 3.32. The van der Waals surface area contributed by atoms with E-state index < -0.39 is 0 Å². The largest absolute Gasteiger partial charge is 0.343 e. The summed E-state index contributed by atoms with van der Waals surface area (Å²) < 4.78 is 0.943. The van der Waals surface area contributed by atoms with Crippen molar-refractivity contribution in [2.75, 3.05) is 37.2 Å². The molecular formula is C25H39N5O3S2. The van der Waals surface area contributed by atoms with Crippen LogP contribution in [0.4, 0.5) is 9.93 Å². The predicted octanol–water partition coefficient (Wildman–Crippen LogP) is 4.67. The molecule has 0 atom stereocenters. The second kappa shape index (κ2) is 12.4. The molecule has 3 aliphatic rings. The molecule has 0 unspecified atom stereocenters. The molecule has 194 valence electrons. The van der Waals surface area contributed by atoms with Crippen molar-refractivity contribution in [3.63, 3.8) is 0 Å². The Morgan fingerprint density at radius 2 is 1.66 bits per heavy atom.